The van der Waals surface area contributed by atoms with Gasteiger partial charge in [-0.05, 0) is 23.8 Å². The summed E-state index contributed by atoms with van der Waals surface area (Å²) in [4.78, 5) is 24.4. The largest absolute Gasteiger partial charge is 0.322 e. The normalized spacial score (nSPS) is 13.9. The molecule has 1 amide bonds. The average Bonchev–Trinajstić information content (AvgIpc) is 2.40. The molecule has 0 spiro atoms. The molecule has 0 aromatic heterocycles. The Morgan fingerprint density at radius 2 is 1.74 bits per heavy atom. The molecule has 3 nitrogen and oxygen atoms in total. The zero-order chi connectivity index (χ0) is 13.4. The summed E-state index contributed by atoms with van der Waals surface area (Å²) in [5.41, 5.74) is 2.23. The predicted octanol–water partition coefficient (Wildman–Crippen LogP) is 3.33. The second-order valence-corrected chi connectivity index (χ2v) is 4.84. The minimum absolute atomic E-state index is 0.0611. The lowest BCUT2D eigenvalue weighted by molar-refractivity contribution is 0.0968. The van der Waals surface area contributed by atoms with E-state index in [1.807, 2.05) is 0 Å². The van der Waals surface area contributed by atoms with Gasteiger partial charge in [0.25, 0.3) is 5.91 Å². The Labute approximate surface area is 115 Å². The van der Waals surface area contributed by atoms with Crippen LogP contribution in [0.25, 0.3) is 0 Å². The van der Waals surface area contributed by atoms with Crippen molar-refractivity contribution >= 4 is 29.0 Å². The third kappa shape index (κ3) is 2.13. The van der Waals surface area contributed by atoms with Gasteiger partial charge in [0.15, 0.2) is 5.78 Å². The highest BCUT2D eigenvalue weighted by Gasteiger charge is 2.22. The second kappa shape index (κ2) is 4.52. The number of ketones is 1. The number of carbonyl (C=O) groups excluding carboxylic acids is 2. The number of hydrogen-bond acceptors (Lipinski definition) is 2. The van der Waals surface area contributed by atoms with Crippen LogP contribution in [0.5, 0.6) is 0 Å². The molecule has 0 fully saturated rings. The summed E-state index contributed by atoms with van der Waals surface area (Å²) in [7, 11) is 0. The number of benzene rings is 2. The zero-order valence-electron chi connectivity index (χ0n) is 9.94. The molecule has 0 radical (unpaired) electrons. The quantitative estimate of drug-likeness (QED) is 0.799. The average molecular weight is 272 g/mol. The summed E-state index contributed by atoms with van der Waals surface area (Å²) in [5.74, 6) is -0.346. The fourth-order valence-corrected chi connectivity index (χ4v) is 2.37. The van der Waals surface area contributed by atoms with Crippen molar-refractivity contribution in [2.75, 3.05) is 5.32 Å². The van der Waals surface area contributed by atoms with Crippen molar-refractivity contribution in [1.82, 2.24) is 0 Å². The minimum atomic E-state index is -0.285. The van der Waals surface area contributed by atoms with Crippen molar-refractivity contribution in [3.05, 3.63) is 64.2 Å². The van der Waals surface area contributed by atoms with Crippen LogP contribution in [-0.2, 0) is 6.42 Å². The Hall–Kier alpha value is -2.13. The third-order valence-corrected chi connectivity index (χ3v) is 3.38. The maximum atomic E-state index is 12.2. The highest BCUT2D eigenvalue weighted by atomic mass is 35.5. The van der Waals surface area contributed by atoms with Crippen molar-refractivity contribution < 1.29 is 9.59 Å². The molecule has 0 bridgehead atoms. The van der Waals surface area contributed by atoms with Gasteiger partial charge in [-0.1, -0.05) is 35.9 Å². The van der Waals surface area contributed by atoms with Gasteiger partial charge in [0.1, 0.15) is 0 Å². The SMILES string of the molecule is O=C1Cc2ccc(Cl)cc2NC(=O)c2ccccc21. The smallest absolute Gasteiger partial charge is 0.256 e. The first-order valence-electron chi connectivity index (χ1n) is 5.87. The molecular weight excluding hydrogens is 262 g/mol. The van der Waals surface area contributed by atoms with Crippen LogP contribution in [0.2, 0.25) is 5.02 Å². The summed E-state index contributed by atoms with van der Waals surface area (Å²) < 4.78 is 0. The molecule has 1 N–H and O–H groups in total. The van der Waals surface area contributed by atoms with Crippen LogP contribution in [0.1, 0.15) is 26.3 Å². The van der Waals surface area contributed by atoms with Crippen LogP contribution >= 0.6 is 11.6 Å². The van der Waals surface area contributed by atoms with E-state index in [1.54, 1.807) is 42.5 Å². The summed E-state index contributed by atoms with van der Waals surface area (Å²) in [5, 5.41) is 3.33. The number of Topliss-reactive ketones (excluding diaryl/α,β-unsaturated/α-hetero) is 1. The van der Waals surface area contributed by atoms with Crippen LogP contribution < -0.4 is 5.32 Å². The van der Waals surface area contributed by atoms with Gasteiger partial charge in [-0.25, -0.2) is 0 Å². The number of nitrogens with one attached hydrogen (secondary N) is 1. The molecular formula is C15H10ClNO2. The van der Waals surface area contributed by atoms with E-state index in [4.69, 9.17) is 11.6 Å². The van der Waals surface area contributed by atoms with Gasteiger partial charge in [0.2, 0.25) is 0 Å². The van der Waals surface area contributed by atoms with Crippen LogP contribution in [-0.4, -0.2) is 11.7 Å². The molecule has 3 rings (SSSR count). The lowest BCUT2D eigenvalue weighted by Crippen LogP contribution is -2.21. The fraction of sp³-hybridized carbons (Fsp3) is 0.0667. The molecule has 19 heavy (non-hydrogen) atoms. The number of halogens is 1. The fourth-order valence-electron chi connectivity index (χ4n) is 2.20. The summed E-state index contributed by atoms with van der Waals surface area (Å²) in [6.45, 7) is 0. The maximum absolute atomic E-state index is 12.2. The highest BCUT2D eigenvalue weighted by Crippen LogP contribution is 2.26. The molecule has 2 aromatic rings. The summed E-state index contributed by atoms with van der Waals surface area (Å²) in [6, 6.07) is 12.0. The van der Waals surface area contributed by atoms with E-state index < -0.39 is 0 Å². The van der Waals surface area contributed by atoms with Gasteiger partial charge in [0, 0.05) is 22.7 Å². The van der Waals surface area contributed by atoms with E-state index in [2.05, 4.69) is 5.32 Å². The molecule has 0 unspecified atom stereocenters. The van der Waals surface area contributed by atoms with Crippen molar-refractivity contribution in [3.63, 3.8) is 0 Å². The Morgan fingerprint density at radius 1 is 1.00 bits per heavy atom. The second-order valence-electron chi connectivity index (χ2n) is 4.40. The Balaban J connectivity index is 2.15. The highest BCUT2D eigenvalue weighted by molar-refractivity contribution is 6.31. The van der Waals surface area contributed by atoms with Crippen molar-refractivity contribution in [2.24, 2.45) is 0 Å². The molecule has 0 aliphatic carbocycles. The number of anilines is 1. The van der Waals surface area contributed by atoms with E-state index in [1.165, 1.54) is 0 Å². The topological polar surface area (TPSA) is 46.2 Å². The van der Waals surface area contributed by atoms with E-state index in [-0.39, 0.29) is 18.1 Å². The molecule has 1 aliphatic rings. The first-order valence-corrected chi connectivity index (χ1v) is 6.25. The minimum Gasteiger partial charge on any atom is -0.322 e. The van der Waals surface area contributed by atoms with Crippen LogP contribution in [0, 0.1) is 0 Å². The van der Waals surface area contributed by atoms with Crippen molar-refractivity contribution in [3.8, 4) is 0 Å². The molecule has 0 saturated carbocycles. The molecule has 0 atom stereocenters. The first-order chi connectivity index (χ1) is 9.15. The van der Waals surface area contributed by atoms with E-state index in [0.717, 1.165) is 5.56 Å². The third-order valence-electron chi connectivity index (χ3n) is 3.14. The maximum Gasteiger partial charge on any atom is 0.256 e. The van der Waals surface area contributed by atoms with E-state index in [9.17, 15) is 9.59 Å². The number of amides is 1. The van der Waals surface area contributed by atoms with Gasteiger partial charge in [-0.3, -0.25) is 9.59 Å². The number of rotatable bonds is 0. The van der Waals surface area contributed by atoms with Gasteiger partial charge in [0.05, 0.1) is 5.56 Å². The van der Waals surface area contributed by atoms with Gasteiger partial charge >= 0.3 is 0 Å². The number of fused-ring (bicyclic) bond motifs is 2. The standard InChI is InChI=1S/C15H10ClNO2/c16-10-6-5-9-7-14(18)11-3-1-2-4-12(11)15(19)17-13(9)8-10/h1-6,8H,7H2,(H,17,19). The predicted molar refractivity (Wildman–Crippen MR) is 73.9 cm³/mol. The Morgan fingerprint density at radius 3 is 2.53 bits per heavy atom. The Bertz CT molecular complexity index is 694. The summed E-state index contributed by atoms with van der Waals surface area (Å²) in [6.07, 6.45) is 0.254. The van der Waals surface area contributed by atoms with Crippen molar-refractivity contribution in [1.29, 1.82) is 0 Å². The van der Waals surface area contributed by atoms with Crippen LogP contribution in [0.15, 0.2) is 42.5 Å². The van der Waals surface area contributed by atoms with Gasteiger partial charge < -0.3 is 5.32 Å². The van der Waals surface area contributed by atoms with Crippen LogP contribution in [0.4, 0.5) is 5.69 Å². The van der Waals surface area contributed by atoms with Gasteiger partial charge in [-0.2, -0.15) is 0 Å². The summed E-state index contributed by atoms with van der Waals surface area (Å²) >= 11 is 5.92. The molecule has 1 heterocycles. The monoisotopic (exact) mass is 271 g/mol. The first kappa shape index (κ1) is 11.9. The molecule has 1 aliphatic heterocycles. The Kier molecular flexibility index (Phi) is 2.84. The van der Waals surface area contributed by atoms with Gasteiger partial charge in [-0.15, -0.1) is 0 Å². The number of hydrogen-bond donors (Lipinski definition) is 1. The zero-order valence-corrected chi connectivity index (χ0v) is 10.7. The van der Waals surface area contributed by atoms with E-state index >= 15 is 0 Å². The lowest BCUT2D eigenvalue weighted by atomic mass is 9.95. The van der Waals surface area contributed by atoms with E-state index in [0.29, 0.717) is 21.8 Å². The molecule has 0 saturated heterocycles. The molecule has 2 aromatic carbocycles. The molecule has 4 heteroatoms. The molecule has 94 valence electrons. The van der Waals surface area contributed by atoms with Crippen molar-refractivity contribution in [2.45, 2.75) is 6.42 Å². The number of carbonyl (C=O) groups is 2. The van der Waals surface area contributed by atoms with Crippen LogP contribution in [0.3, 0.4) is 0 Å². The lowest BCUT2D eigenvalue weighted by Gasteiger charge is -2.16.